The van der Waals surface area contributed by atoms with Gasteiger partial charge in [-0.25, -0.2) is 0 Å². The lowest BCUT2D eigenvalue weighted by molar-refractivity contribution is 0.414. The minimum Gasteiger partial charge on any atom is -0.497 e. The van der Waals surface area contributed by atoms with E-state index in [1.54, 1.807) is 11.7 Å². The van der Waals surface area contributed by atoms with Crippen LogP contribution in [-0.2, 0) is 6.42 Å². The third-order valence-corrected chi connectivity index (χ3v) is 4.88. The largest absolute Gasteiger partial charge is 0.497 e. The number of nitrogens with one attached hydrogen (secondary N) is 1. The number of fused-ring (bicyclic) bond motifs is 1. The highest BCUT2D eigenvalue weighted by molar-refractivity contribution is 7.71. The Bertz CT molecular complexity index is 1220. The molecule has 0 saturated heterocycles. The number of methoxy groups -OCH3 is 1. The Morgan fingerprint density at radius 3 is 2.44 bits per heavy atom. The lowest BCUT2D eigenvalue weighted by Crippen LogP contribution is -2.21. The van der Waals surface area contributed by atoms with Crippen molar-refractivity contribution in [3.63, 3.8) is 0 Å². The van der Waals surface area contributed by atoms with Crippen molar-refractivity contribution in [1.29, 1.82) is 0 Å². The van der Waals surface area contributed by atoms with E-state index >= 15 is 0 Å². The second-order valence-corrected chi connectivity index (χ2v) is 6.66. The number of rotatable bonds is 4. The summed E-state index contributed by atoms with van der Waals surface area (Å²) in [6, 6.07) is 23.2. The van der Waals surface area contributed by atoms with Crippen molar-refractivity contribution in [1.82, 2.24) is 9.55 Å². The van der Waals surface area contributed by atoms with Gasteiger partial charge in [0.2, 0.25) is 0 Å². The Kier molecular flexibility index (Phi) is 4.60. The van der Waals surface area contributed by atoms with Gasteiger partial charge in [-0.1, -0.05) is 42.5 Å². The molecule has 1 N–H and O–H groups in total. The molecule has 27 heavy (non-hydrogen) atoms. The third kappa shape index (κ3) is 3.29. The number of aromatic amines is 1. The van der Waals surface area contributed by atoms with Gasteiger partial charge in [0.1, 0.15) is 5.75 Å². The van der Waals surface area contributed by atoms with Crippen molar-refractivity contribution in [2.75, 3.05) is 7.11 Å². The quantitative estimate of drug-likeness (QED) is 0.529. The maximum absolute atomic E-state index is 13.1. The van der Waals surface area contributed by atoms with Crippen LogP contribution in [0.5, 0.6) is 5.75 Å². The Hall–Kier alpha value is -3.18. The normalized spacial score (nSPS) is 10.9. The third-order valence-electron chi connectivity index (χ3n) is 4.59. The van der Waals surface area contributed by atoms with Gasteiger partial charge in [-0.05, 0) is 60.1 Å². The Labute approximate surface area is 161 Å². The maximum atomic E-state index is 13.1. The lowest BCUT2D eigenvalue weighted by atomic mass is 10.0. The number of hydrogen-bond donors (Lipinski definition) is 1. The molecule has 5 heteroatoms. The topological polar surface area (TPSA) is 47.0 Å². The van der Waals surface area contributed by atoms with Gasteiger partial charge in [0.15, 0.2) is 4.77 Å². The number of ether oxygens (including phenoxy) is 1. The van der Waals surface area contributed by atoms with Crippen LogP contribution in [0.3, 0.4) is 0 Å². The fourth-order valence-electron chi connectivity index (χ4n) is 3.22. The molecule has 0 unspecified atom stereocenters. The molecule has 1 aromatic heterocycles. The van der Waals surface area contributed by atoms with Crippen molar-refractivity contribution in [2.45, 2.75) is 6.42 Å². The zero-order chi connectivity index (χ0) is 18.8. The highest BCUT2D eigenvalue weighted by Gasteiger charge is 2.11. The SMILES string of the molecule is COc1ccc(Cc2ccccc2-n2c(=S)[nH]c3ccccc3c2=O)cc1. The van der Waals surface area contributed by atoms with E-state index in [0.29, 0.717) is 16.6 Å². The molecule has 0 aliphatic rings. The molecule has 4 rings (SSSR count). The molecule has 0 saturated carbocycles. The van der Waals surface area contributed by atoms with E-state index in [1.807, 2.05) is 72.8 Å². The molecule has 1 heterocycles. The maximum Gasteiger partial charge on any atom is 0.266 e. The first-order valence-electron chi connectivity index (χ1n) is 8.62. The summed E-state index contributed by atoms with van der Waals surface area (Å²) < 4.78 is 7.19. The van der Waals surface area contributed by atoms with Gasteiger partial charge in [0, 0.05) is 0 Å². The summed E-state index contributed by atoms with van der Waals surface area (Å²) >= 11 is 5.50. The molecular weight excluding hydrogens is 356 g/mol. The number of hydrogen-bond acceptors (Lipinski definition) is 3. The smallest absolute Gasteiger partial charge is 0.266 e. The standard InChI is InChI=1S/C22H18N2O2S/c1-26-17-12-10-15(11-13-17)14-16-6-2-5-9-20(16)24-21(25)18-7-3-4-8-19(18)23-22(24)27/h2-13H,14H2,1H3,(H,23,27). The first kappa shape index (κ1) is 17.2. The van der Waals surface area contributed by atoms with E-state index in [2.05, 4.69) is 4.98 Å². The molecule has 0 amide bonds. The molecule has 134 valence electrons. The van der Waals surface area contributed by atoms with Crippen molar-refractivity contribution < 1.29 is 4.74 Å². The molecule has 0 bridgehead atoms. The van der Waals surface area contributed by atoms with E-state index in [-0.39, 0.29) is 5.56 Å². The highest BCUT2D eigenvalue weighted by atomic mass is 32.1. The van der Waals surface area contributed by atoms with Crippen molar-refractivity contribution in [2.24, 2.45) is 0 Å². The average Bonchev–Trinajstić information content (AvgIpc) is 2.70. The average molecular weight is 374 g/mol. The Morgan fingerprint density at radius 1 is 0.963 bits per heavy atom. The fraction of sp³-hybridized carbons (Fsp3) is 0.0909. The molecule has 4 nitrogen and oxygen atoms in total. The molecule has 0 aliphatic carbocycles. The number of aromatic nitrogens is 2. The molecule has 0 radical (unpaired) electrons. The van der Waals surface area contributed by atoms with E-state index < -0.39 is 0 Å². The summed E-state index contributed by atoms with van der Waals surface area (Å²) in [5.41, 5.74) is 3.59. The highest BCUT2D eigenvalue weighted by Crippen LogP contribution is 2.20. The number of benzene rings is 3. The van der Waals surface area contributed by atoms with Crippen LogP contribution in [0, 0.1) is 4.77 Å². The molecule has 3 aromatic carbocycles. The second kappa shape index (κ2) is 7.21. The molecule has 4 aromatic rings. The van der Waals surface area contributed by atoms with E-state index in [9.17, 15) is 4.79 Å². The zero-order valence-corrected chi connectivity index (χ0v) is 15.6. The molecule has 0 spiro atoms. The van der Waals surface area contributed by atoms with Crippen LogP contribution in [-0.4, -0.2) is 16.7 Å². The molecule has 0 atom stereocenters. The minimum atomic E-state index is -0.114. The van der Waals surface area contributed by atoms with Crippen LogP contribution in [0.1, 0.15) is 11.1 Å². The van der Waals surface area contributed by atoms with Gasteiger partial charge < -0.3 is 9.72 Å². The fourth-order valence-corrected chi connectivity index (χ4v) is 3.51. The predicted molar refractivity (Wildman–Crippen MR) is 111 cm³/mol. The Balaban J connectivity index is 1.85. The van der Waals surface area contributed by atoms with Crippen LogP contribution in [0.4, 0.5) is 0 Å². The van der Waals surface area contributed by atoms with E-state index in [4.69, 9.17) is 17.0 Å². The van der Waals surface area contributed by atoms with Gasteiger partial charge in [-0.3, -0.25) is 9.36 Å². The summed E-state index contributed by atoms with van der Waals surface area (Å²) in [5.74, 6) is 0.820. The summed E-state index contributed by atoms with van der Waals surface area (Å²) in [7, 11) is 1.65. The van der Waals surface area contributed by atoms with Gasteiger partial charge in [-0.2, -0.15) is 0 Å². The van der Waals surface area contributed by atoms with Crippen LogP contribution in [0.25, 0.3) is 16.6 Å². The zero-order valence-electron chi connectivity index (χ0n) is 14.8. The summed E-state index contributed by atoms with van der Waals surface area (Å²) in [6.07, 6.45) is 0.689. The first-order valence-corrected chi connectivity index (χ1v) is 9.03. The minimum absolute atomic E-state index is 0.114. The Morgan fingerprint density at radius 2 is 1.67 bits per heavy atom. The van der Waals surface area contributed by atoms with Gasteiger partial charge >= 0.3 is 0 Å². The van der Waals surface area contributed by atoms with Gasteiger partial charge in [0.25, 0.3) is 5.56 Å². The van der Waals surface area contributed by atoms with Crippen molar-refractivity contribution >= 4 is 23.1 Å². The number of nitrogens with zero attached hydrogens (tertiary/aromatic N) is 1. The molecular formula is C22H18N2O2S. The van der Waals surface area contributed by atoms with Gasteiger partial charge in [-0.15, -0.1) is 0 Å². The van der Waals surface area contributed by atoms with Crippen molar-refractivity contribution in [3.8, 4) is 11.4 Å². The van der Waals surface area contributed by atoms with Crippen LogP contribution >= 0.6 is 12.2 Å². The monoisotopic (exact) mass is 374 g/mol. The first-order chi connectivity index (χ1) is 13.2. The molecule has 0 fully saturated rings. The van der Waals surface area contributed by atoms with Crippen molar-refractivity contribution in [3.05, 3.63) is 99.0 Å². The van der Waals surface area contributed by atoms with Crippen LogP contribution < -0.4 is 10.3 Å². The number of H-pyrrole nitrogens is 1. The second-order valence-electron chi connectivity index (χ2n) is 6.27. The van der Waals surface area contributed by atoms with Crippen LogP contribution in [0.2, 0.25) is 0 Å². The van der Waals surface area contributed by atoms with E-state index in [1.165, 1.54) is 0 Å². The molecule has 0 aliphatic heterocycles. The number of para-hydroxylation sites is 2. The lowest BCUT2D eigenvalue weighted by Gasteiger charge is -2.13. The van der Waals surface area contributed by atoms with Crippen LogP contribution in [0.15, 0.2) is 77.6 Å². The summed E-state index contributed by atoms with van der Waals surface area (Å²) in [5, 5.41) is 0.616. The summed E-state index contributed by atoms with van der Waals surface area (Å²) in [4.78, 5) is 16.3. The van der Waals surface area contributed by atoms with Gasteiger partial charge in [0.05, 0.1) is 23.7 Å². The van der Waals surface area contributed by atoms with E-state index in [0.717, 1.165) is 28.1 Å². The predicted octanol–water partition coefficient (Wildman–Crippen LogP) is 4.65. The summed E-state index contributed by atoms with van der Waals surface area (Å²) in [6.45, 7) is 0.